The topological polar surface area (TPSA) is 84.2 Å². The van der Waals surface area contributed by atoms with Crippen LogP contribution in [0.15, 0.2) is 30.3 Å². The first-order valence-corrected chi connectivity index (χ1v) is 7.21. The van der Waals surface area contributed by atoms with E-state index in [0.717, 1.165) is 36.2 Å². The molecule has 2 aromatic rings. The minimum Gasteiger partial charge on any atom is -0.504 e. The monoisotopic (exact) mass is 301 g/mol. The highest BCUT2D eigenvalue weighted by molar-refractivity contribution is 5.52. The fourth-order valence-corrected chi connectivity index (χ4v) is 3.03. The molecule has 5 nitrogen and oxygen atoms in total. The van der Waals surface area contributed by atoms with Crippen molar-refractivity contribution >= 4 is 0 Å². The Morgan fingerprint density at radius 3 is 2.32 bits per heavy atom. The average Bonchev–Trinajstić information content (AvgIpc) is 2.63. The second kappa shape index (κ2) is 5.42. The van der Waals surface area contributed by atoms with Crippen molar-refractivity contribution in [2.75, 3.05) is 20.1 Å². The molecule has 0 fully saturated rings. The number of rotatable bonds is 1. The van der Waals surface area contributed by atoms with Crippen molar-refractivity contribution < 1.29 is 20.4 Å². The van der Waals surface area contributed by atoms with Crippen molar-refractivity contribution in [1.29, 1.82) is 0 Å². The number of nitrogens with zero attached hydrogens (tertiary/aromatic N) is 1. The minimum absolute atomic E-state index is 0.0551. The SMILES string of the molecule is CN1CCc2cc(O)c(O)cc2C(c2ccc(O)c(O)c2)C1. The average molecular weight is 301 g/mol. The summed E-state index contributed by atoms with van der Waals surface area (Å²) < 4.78 is 0. The molecule has 1 heterocycles. The molecule has 5 heteroatoms. The third-order valence-electron chi connectivity index (χ3n) is 4.27. The third kappa shape index (κ3) is 2.55. The molecule has 3 rings (SSSR count). The van der Waals surface area contributed by atoms with Crippen LogP contribution in [0.2, 0.25) is 0 Å². The van der Waals surface area contributed by atoms with Crippen LogP contribution in [-0.2, 0) is 6.42 Å². The molecular weight excluding hydrogens is 282 g/mol. The second-order valence-electron chi connectivity index (χ2n) is 5.85. The van der Waals surface area contributed by atoms with Crippen LogP contribution in [0.5, 0.6) is 23.0 Å². The van der Waals surface area contributed by atoms with Gasteiger partial charge in [0, 0.05) is 19.0 Å². The van der Waals surface area contributed by atoms with Crippen LogP contribution in [0.25, 0.3) is 0 Å². The number of phenolic OH excluding ortho intramolecular Hbond substituents is 4. The largest absolute Gasteiger partial charge is 0.504 e. The number of benzene rings is 2. The molecule has 116 valence electrons. The number of aromatic hydroxyl groups is 4. The van der Waals surface area contributed by atoms with E-state index in [0.29, 0.717) is 0 Å². The van der Waals surface area contributed by atoms with E-state index in [1.807, 2.05) is 7.05 Å². The Labute approximate surface area is 128 Å². The Balaban J connectivity index is 2.13. The van der Waals surface area contributed by atoms with Crippen LogP contribution < -0.4 is 0 Å². The first kappa shape index (κ1) is 14.5. The molecule has 0 radical (unpaired) electrons. The van der Waals surface area contributed by atoms with Gasteiger partial charge in [-0.05, 0) is 54.4 Å². The molecule has 1 unspecified atom stereocenters. The van der Waals surface area contributed by atoms with Crippen LogP contribution in [0, 0.1) is 0 Å². The highest BCUT2D eigenvalue weighted by atomic mass is 16.3. The van der Waals surface area contributed by atoms with Gasteiger partial charge in [-0.15, -0.1) is 0 Å². The van der Waals surface area contributed by atoms with Gasteiger partial charge in [0.25, 0.3) is 0 Å². The normalized spacial score (nSPS) is 18.7. The van der Waals surface area contributed by atoms with Crippen molar-refractivity contribution in [1.82, 2.24) is 4.90 Å². The zero-order chi connectivity index (χ0) is 15.9. The lowest BCUT2D eigenvalue weighted by atomic mass is 9.87. The van der Waals surface area contributed by atoms with Gasteiger partial charge in [0.2, 0.25) is 0 Å². The highest BCUT2D eigenvalue weighted by Crippen LogP contribution is 2.39. The van der Waals surface area contributed by atoms with Crippen molar-refractivity contribution in [3.05, 3.63) is 47.0 Å². The molecule has 0 aromatic heterocycles. The molecule has 1 atom stereocenters. The van der Waals surface area contributed by atoms with E-state index in [4.69, 9.17) is 0 Å². The maximum absolute atomic E-state index is 9.84. The quantitative estimate of drug-likeness (QED) is 0.606. The van der Waals surface area contributed by atoms with Gasteiger partial charge in [0.05, 0.1) is 0 Å². The van der Waals surface area contributed by atoms with Crippen LogP contribution in [0.1, 0.15) is 22.6 Å². The Morgan fingerprint density at radius 2 is 1.59 bits per heavy atom. The zero-order valence-corrected chi connectivity index (χ0v) is 12.3. The van der Waals surface area contributed by atoms with Gasteiger partial charge in [0.15, 0.2) is 23.0 Å². The number of phenols is 4. The number of hydrogen-bond donors (Lipinski definition) is 4. The van der Waals surface area contributed by atoms with Crippen LogP contribution in [-0.4, -0.2) is 45.5 Å². The van der Waals surface area contributed by atoms with Crippen molar-refractivity contribution in [3.63, 3.8) is 0 Å². The van der Waals surface area contributed by atoms with Crippen molar-refractivity contribution in [2.45, 2.75) is 12.3 Å². The first-order valence-electron chi connectivity index (χ1n) is 7.21. The number of likely N-dealkylation sites (N-methyl/N-ethyl adjacent to an activating group) is 1. The maximum atomic E-state index is 9.84. The fourth-order valence-electron chi connectivity index (χ4n) is 3.03. The molecule has 4 N–H and O–H groups in total. The summed E-state index contributed by atoms with van der Waals surface area (Å²) in [5, 5.41) is 38.8. The Hall–Kier alpha value is -2.40. The molecule has 1 aliphatic heterocycles. The summed E-state index contributed by atoms with van der Waals surface area (Å²) in [4.78, 5) is 2.17. The van der Waals surface area contributed by atoms with Gasteiger partial charge in [-0.2, -0.15) is 0 Å². The lowest BCUT2D eigenvalue weighted by Crippen LogP contribution is -2.24. The number of fused-ring (bicyclic) bond motifs is 1. The molecule has 0 saturated heterocycles. The Bertz CT molecular complexity index is 714. The zero-order valence-electron chi connectivity index (χ0n) is 12.3. The Morgan fingerprint density at radius 1 is 0.909 bits per heavy atom. The van der Waals surface area contributed by atoms with E-state index in [-0.39, 0.29) is 28.9 Å². The number of hydrogen-bond acceptors (Lipinski definition) is 5. The van der Waals surface area contributed by atoms with E-state index in [1.54, 1.807) is 24.3 Å². The summed E-state index contributed by atoms with van der Waals surface area (Å²) >= 11 is 0. The van der Waals surface area contributed by atoms with Crippen molar-refractivity contribution in [2.24, 2.45) is 0 Å². The highest BCUT2D eigenvalue weighted by Gasteiger charge is 2.25. The van der Waals surface area contributed by atoms with E-state index >= 15 is 0 Å². The molecule has 2 aromatic carbocycles. The summed E-state index contributed by atoms with van der Waals surface area (Å²) in [5.41, 5.74) is 2.78. The molecule has 0 spiro atoms. The molecule has 1 aliphatic rings. The Kier molecular flexibility index (Phi) is 3.58. The van der Waals surface area contributed by atoms with Crippen LogP contribution >= 0.6 is 0 Å². The van der Waals surface area contributed by atoms with Gasteiger partial charge in [-0.25, -0.2) is 0 Å². The predicted octanol–water partition coefficient (Wildman–Crippen LogP) is 2.13. The van der Waals surface area contributed by atoms with E-state index in [9.17, 15) is 20.4 Å². The maximum Gasteiger partial charge on any atom is 0.157 e. The summed E-state index contributed by atoms with van der Waals surface area (Å²) in [5.74, 6) is -0.624. The van der Waals surface area contributed by atoms with Crippen molar-refractivity contribution in [3.8, 4) is 23.0 Å². The van der Waals surface area contributed by atoms with Crippen LogP contribution in [0.3, 0.4) is 0 Å². The van der Waals surface area contributed by atoms with E-state index in [1.165, 1.54) is 6.07 Å². The van der Waals surface area contributed by atoms with Gasteiger partial charge >= 0.3 is 0 Å². The molecule has 0 bridgehead atoms. The lowest BCUT2D eigenvalue weighted by molar-refractivity contribution is 0.337. The fraction of sp³-hybridized carbons (Fsp3) is 0.294. The van der Waals surface area contributed by atoms with Gasteiger partial charge in [-0.3, -0.25) is 0 Å². The standard InChI is InChI=1S/C17H19NO4/c1-18-5-4-11-7-16(21)17(22)8-12(11)13(9-18)10-2-3-14(19)15(20)6-10/h2-3,6-8,13,19-22H,4-5,9H2,1H3. The molecular formula is C17H19NO4. The molecule has 0 aliphatic carbocycles. The van der Waals surface area contributed by atoms with Gasteiger partial charge in [-0.1, -0.05) is 6.07 Å². The summed E-state index contributed by atoms with van der Waals surface area (Å²) in [7, 11) is 2.01. The molecule has 0 saturated carbocycles. The van der Waals surface area contributed by atoms with Crippen LogP contribution in [0.4, 0.5) is 0 Å². The van der Waals surface area contributed by atoms with E-state index in [2.05, 4.69) is 4.90 Å². The summed E-state index contributed by atoms with van der Waals surface area (Å²) in [6.45, 7) is 1.57. The third-order valence-corrected chi connectivity index (χ3v) is 4.27. The summed E-state index contributed by atoms with van der Waals surface area (Å²) in [6.07, 6.45) is 0.778. The lowest BCUT2D eigenvalue weighted by Gasteiger charge is -2.22. The molecule has 22 heavy (non-hydrogen) atoms. The second-order valence-corrected chi connectivity index (χ2v) is 5.85. The minimum atomic E-state index is -0.158. The first-order chi connectivity index (χ1) is 10.5. The smallest absolute Gasteiger partial charge is 0.157 e. The predicted molar refractivity (Wildman–Crippen MR) is 82.6 cm³/mol. The van der Waals surface area contributed by atoms with E-state index < -0.39 is 0 Å². The molecule has 0 amide bonds. The summed E-state index contributed by atoms with van der Waals surface area (Å²) in [6, 6.07) is 7.99. The van der Waals surface area contributed by atoms with Gasteiger partial charge in [0.1, 0.15) is 0 Å². The van der Waals surface area contributed by atoms with Gasteiger partial charge < -0.3 is 25.3 Å².